The van der Waals surface area contributed by atoms with Gasteiger partial charge in [0.15, 0.2) is 5.75 Å². The minimum absolute atomic E-state index is 0.704. The number of nitrogens with zero attached hydrogens (tertiary/aromatic N) is 2. The summed E-state index contributed by atoms with van der Waals surface area (Å²) >= 11 is 0. The van der Waals surface area contributed by atoms with Crippen molar-refractivity contribution in [3.05, 3.63) is 42.7 Å². The Morgan fingerprint density at radius 2 is 2.11 bits per heavy atom. The highest BCUT2D eigenvalue weighted by atomic mass is 16.5. The van der Waals surface area contributed by atoms with Crippen molar-refractivity contribution in [1.82, 2.24) is 9.78 Å². The molecular formula is C14H19N3O. The molecule has 0 aliphatic heterocycles. The van der Waals surface area contributed by atoms with Crippen molar-refractivity contribution >= 4 is 5.69 Å². The molecule has 2 rings (SSSR count). The zero-order valence-electron chi connectivity index (χ0n) is 10.7. The lowest BCUT2D eigenvalue weighted by Crippen LogP contribution is -2.06. The molecule has 0 amide bonds. The Kier molecular flexibility index (Phi) is 4.64. The van der Waals surface area contributed by atoms with E-state index in [0.717, 1.165) is 30.9 Å². The predicted octanol–water partition coefficient (Wildman–Crippen LogP) is 2.78. The predicted molar refractivity (Wildman–Crippen MR) is 72.9 cm³/mol. The third kappa shape index (κ3) is 3.80. The SMILES string of the molecule is CCn1cc(OCCCNc2ccccc2)cn1. The zero-order chi connectivity index (χ0) is 12.6. The maximum atomic E-state index is 5.60. The highest BCUT2D eigenvalue weighted by Crippen LogP contribution is 2.08. The summed E-state index contributed by atoms with van der Waals surface area (Å²) in [5.74, 6) is 0.844. The van der Waals surface area contributed by atoms with Gasteiger partial charge >= 0.3 is 0 Å². The Morgan fingerprint density at radius 3 is 2.83 bits per heavy atom. The lowest BCUT2D eigenvalue weighted by molar-refractivity contribution is 0.314. The molecule has 0 saturated carbocycles. The molecular weight excluding hydrogens is 226 g/mol. The van der Waals surface area contributed by atoms with E-state index in [2.05, 4.69) is 29.5 Å². The van der Waals surface area contributed by atoms with Gasteiger partial charge in [-0.15, -0.1) is 0 Å². The van der Waals surface area contributed by atoms with Crippen LogP contribution in [0, 0.1) is 0 Å². The standard InChI is InChI=1S/C14H19N3O/c1-2-17-12-14(11-16-17)18-10-6-9-15-13-7-4-3-5-8-13/h3-5,7-8,11-12,15H,2,6,9-10H2,1H3. The molecule has 2 aromatic rings. The topological polar surface area (TPSA) is 39.1 Å². The monoisotopic (exact) mass is 245 g/mol. The van der Waals surface area contributed by atoms with Gasteiger partial charge in [-0.3, -0.25) is 4.68 Å². The molecule has 96 valence electrons. The van der Waals surface area contributed by atoms with E-state index in [0.29, 0.717) is 6.61 Å². The van der Waals surface area contributed by atoms with Gasteiger partial charge in [0.05, 0.1) is 19.0 Å². The number of hydrogen-bond acceptors (Lipinski definition) is 3. The summed E-state index contributed by atoms with van der Waals surface area (Å²) < 4.78 is 7.46. The number of rotatable bonds is 7. The normalized spacial score (nSPS) is 10.3. The largest absolute Gasteiger partial charge is 0.490 e. The number of aromatic nitrogens is 2. The number of para-hydroxylation sites is 1. The van der Waals surface area contributed by atoms with E-state index in [1.54, 1.807) is 6.20 Å². The first-order valence-corrected chi connectivity index (χ1v) is 6.32. The van der Waals surface area contributed by atoms with Gasteiger partial charge in [0.1, 0.15) is 0 Å². The van der Waals surface area contributed by atoms with Crippen molar-refractivity contribution < 1.29 is 4.74 Å². The first-order chi connectivity index (χ1) is 8.88. The molecule has 0 fully saturated rings. The number of anilines is 1. The van der Waals surface area contributed by atoms with Crippen LogP contribution < -0.4 is 10.1 Å². The van der Waals surface area contributed by atoms with Gasteiger partial charge in [0, 0.05) is 18.8 Å². The second-order valence-corrected chi connectivity index (χ2v) is 4.03. The molecule has 0 spiro atoms. The van der Waals surface area contributed by atoms with E-state index in [9.17, 15) is 0 Å². The summed E-state index contributed by atoms with van der Waals surface area (Å²) in [4.78, 5) is 0. The van der Waals surface area contributed by atoms with Crippen molar-refractivity contribution in [2.24, 2.45) is 0 Å². The fraction of sp³-hybridized carbons (Fsp3) is 0.357. The van der Waals surface area contributed by atoms with Gasteiger partial charge < -0.3 is 10.1 Å². The molecule has 0 radical (unpaired) electrons. The van der Waals surface area contributed by atoms with Gasteiger partial charge in [-0.25, -0.2) is 0 Å². The van der Waals surface area contributed by atoms with Crippen LogP contribution >= 0.6 is 0 Å². The molecule has 0 aliphatic rings. The zero-order valence-corrected chi connectivity index (χ0v) is 10.7. The summed E-state index contributed by atoms with van der Waals surface area (Å²) in [5, 5.41) is 7.50. The van der Waals surface area contributed by atoms with Gasteiger partial charge in [-0.2, -0.15) is 5.10 Å². The molecule has 1 heterocycles. The fourth-order valence-corrected chi connectivity index (χ4v) is 1.64. The summed E-state index contributed by atoms with van der Waals surface area (Å²) in [6, 6.07) is 10.2. The molecule has 1 aromatic heterocycles. The Bertz CT molecular complexity index is 453. The summed E-state index contributed by atoms with van der Waals surface area (Å²) in [7, 11) is 0. The minimum atomic E-state index is 0.704. The van der Waals surface area contributed by atoms with Crippen molar-refractivity contribution in [2.45, 2.75) is 19.9 Å². The van der Waals surface area contributed by atoms with Crippen LogP contribution in [0.25, 0.3) is 0 Å². The maximum absolute atomic E-state index is 5.60. The van der Waals surface area contributed by atoms with Crippen molar-refractivity contribution in [3.63, 3.8) is 0 Å². The maximum Gasteiger partial charge on any atom is 0.157 e. The molecule has 0 bridgehead atoms. The van der Waals surface area contributed by atoms with Crippen LogP contribution in [-0.2, 0) is 6.54 Å². The molecule has 0 saturated heterocycles. The number of ether oxygens (including phenoxy) is 1. The molecule has 1 N–H and O–H groups in total. The average Bonchev–Trinajstić information content (AvgIpc) is 2.87. The van der Waals surface area contributed by atoms with Crippen LogP contribution in [0.1, 0.15) is 13.3 Å². The molecule has 0 atom stereocenters. The van der Waals surface area contributed by atoms with Gasteiger partial charge in [-0.1, -0.05) is 18.2 Å². The van der Waals surface area contributed by atoms with Crippen LogP contribution in [-0.4, -0.2) is 22.9 Å². The highest BCUT2D eigenvalue weighted by molar-refractivity contribution is 5.42. The average molecular weight is 245 g/mol. The highest BCUT2D eigenvalue weighted by Gasteiger charge is 1.97. The van der Waals surface area contributed by atoms with Gasteiger partial charge in [0.25, 0.3) is 0 Å². The van der Waals surface area contributed by atoms with Crippen LogP contribution in [0.2, 0.25) is 0 Å². The van der Waals surface area contributed by atoms with Gasteiger partial charge in [0.2, 0.25) is 0 Å². The van der Waals surface area contributed by atoms with E-state index < -0.39 is 0 Å². The summed E-state index contributed by atoms with van der Waals surface area (Å²) in [5.41, 5.74) is 1.15. The molecule has 1 aromatic carbocycles. The molecule has 4 heteroatoms. The third-order valence-corrected chi connectivity index (χ3v) is 2.63. The third-order valence-electron chi connectivity index (χ3n) is 2.63. The number of aryl methyl sites for hydroxylation is 1. The molecule has 4 nitrogen and oxygen atoms in total. The molecule has 0 unspecified atom stereocenters. The van der Waals surface area contributed by atoms with E-state index in [1.165, 1.54) is 0 Å². The Balaban J connectivity index is 1.61. The van der Waals surface area contributed by atoms with Crippen molar-refractivity contribution in [3.8, 4) is 5.75 Å². The number of hydrogen-bond donors (Lipinski definition) is 1. The van der Waals surface area contributed by atoms with E-state index >= 15 is 0 Å². The molecule has 18 heavy (non-hydrogen) atoms. The summed E-state index contributed by atoms with van der Waals surface area (Å²) in [6.45, 7) is 4.54. The second-order valence-electron chi connectivity index (χ2n) is 4.03. The van der Waals surface area contributed by atoms with Crippen LogP contribution in [0.5, 0.6) is 5.75 Å². The Morgan fingerprint density at radius 1 is 1.28 bits per heavy atom. The first-order valence-electron chi connectivity index (χ1n) is 6.32. The van der Waals surface area contributed by atoms with Crippen molar-refractivity contribution in [2.75, 3.05) is 18.5 Å². The lowest BCUT2D eigenvalue weighted by atomic mass is 10.3. The number of benzene rings is 1. The van der Waals surface area contributed by atoms with E-state index in [1.807, 2.05) is 29.1 Å². The quantitative estimate of drug-likeness (QED) is 0.762. The van der Waals surface area contributed by atoms with Crippen LogP contribution in [0.15, 0.2) is 42.7 Å². The van der Waals surface area contributed by atoms with Crippen LogP contribution in [0.3, 0.4) is 0 Å². The first kappa shape index (κ1) is 12.5. The Hall–Kier alpha value is -1.97. The minimum Gasteiger partial charge on any atom is -0.490 e. The van der Waals surface area contributed by atoms with Gasteiger partial charge in [-0.05, 0) is 25.5 Å². The Labute approximate surface area is 108 Å². The summed E-state index contributed by atoms with van der Waals surface area (Å²) in [6.07, 6.45) is 4.64. The van der Waals surface area contributed by atoms with Crippen LogP contribution in [0.4, 0.5) is 5.69 Å². The second kappa shape index (κ2) is 6.69. The lowest BCUT2D eigenvalue weighted by Gasteiger charge is -2.06. The van der Waals surface area contributed by atoms with E-state index in [4.69, 9.17) is 4.74 Å². The fourth-order valence-electron chi connectivity index (χ4n) is 1.64. The van der Waals surface area contributed by atoms with Crippen molar-refractivity contribution in [1.29, 1.82) is 0 Å². The number of nitrogens with one attached hydrogen (secondary N) is 1. The van der Waals surface area contributed by atoms with E-state index in [-0.39, 0.29) is 0 Å². The molecule has 0 aliphatic carbocycles. The smallest absolute Gasteiger partial charge is 0.157 e.